The first-order chi connectivity index (χ1) is 15.9. The smallest absolute Gasteiger partial charge is 0.295 e. The van der Waals surface area contributed by atoms with Gasteiger partial charge in [0, 0.05) is 17.8 Å². The van der Waals surface area contributed by atoms with Gasteiger partial charge in [-0.05, 0) is 48.0 Å². The van der Waals surface area contributed by atoms with Crippen LogP contribution in [0.15, 0.2) is 75.9 Å². The average Bonchev–Trinajstić information content (AvgIpc) is 3.11. The van der Waals surface area contributed by atoms with Gasteiger partial charge in [0.05, 0.1) is 34.0 Å². The number of non-ortho nitro benzene ring substituents is 1. The Morgan fingerprint density at radius 3 is 2.45 bits per heavy atom. The standard InChI is InChI=1S/C24H15ClN2O6/c1-32-19-11-10-15(12-17(19)25)26-21(13-6-8-14(9-7-13)27(30)31)20-22(28)16-4-2-3-5-18(16)33-23(20)24(26)29/h2-12,21H,1H3. The lowest BCUT2D eigenvalue weighted by Crippen LogP contribution is -2.29. The van der Waals surface area contributed by atoms with Crippen molar-refractivity contribution in [2.24, 2.45) is 0 Å². The molecule has 0 N–H and O–H groups in total. The van der Waals surface area contributed by atoms with Gasteiger partial charge in [0.1, 0.15) is 11.3 Å². The van der Waals surface area contributed by atoms with Crippen LogP contribution in [0.5, 0.6) is 5.75 Å². The minimum atomic E-state index is -0.862. The monoisotopic (exact) mass is 462 g/mol. The highest BCUT2D eigenvalue weighted by molar-refractivity contribution is 6.32. The van der Waals surface area contributed by atoms with Crippen molar-refractivity contribution in [2.75, 3.05) is 12.0 Å². The summed E-state index contributed by atoms with van der Waals surface area (Å²) in [7, 11) is 1.48. The van der Waals surface area contributed by atoms with Crippen molar-refractivity contribution in [1.82, 2.24) is 0 Å². The largest absolute Gasteiger partial charge is 0.495 e. The molecule has 0 aliphatic carbocycles. The Morgan fingerprint density at radius 1 is 1.06 bits per heavy atom. The molecular weight excluding hydrogens is 448 g/mol. The summed E-state index contributed by atoms with van der Waals surface area (Å²) < 4.78 is 11.1. The molecule has 3 aromatic carbocycles. The number of nitro groups is 1. The second kappa shape index (κ2) is 7.75. The Hall–Kier alpha value is -4.17. The first-order valence-electron chi connectivity index (χ1n) is 9.88. The molecule has 1 unspecified atom stereocenters. The average molecular weight is 463 g/mol. The van der Waals surface area contributed by atoms with Crippen LogP contribution in [-0.2, 0) is 0 Å². The number of hydrogen-bond acceptors (Lipinski definition) is 6. The maximum absolute atomic E-state index is 13.5. The van der Waals surface area contributed by atoms with Crippen LogP contribution in [0.2, 0.25) is 5.02 Å². The van der Waals surface area contributed by atoms with Crippen LogP contribution in [0, 0.1) is 10.1 Å². The third-order valence-electron chi connectivity index (χ3n) is 5.61. The second-order valence-corrected chi connectivity index (χ2v) is 7.82. The number of hydrogen-bond donors (Lipinski definition) is 0. The first kappa shape index (κ1) is 20.7. The molecule has 2 heterocycles. The quantitative estimate of drug-likeness (QED) is 0.308. The summed E-state index contributed by atoms with van der Waals surface area (Å²) in [6.45, 7) is 0. The van der Waals surface area contributed by atoms with Gasteiger partial charge in [0.15, 0.2) is 5.43 Å². The van der Waals surface area contributed by atoms with Gasteiger partial charge >= 0.3 is 0 Å². The Kier molecular flexibility index (Phi) is 4.87. The van der Waals surface area contributed by atoms with Crippen molar-refractivity contribution in [1.29, 1.82) is 0 Å². The Balaban J connectivity index is 1.77. The number of fused-ring (bicyclic) bond motifs is 2. The number of carbonyl (C=O) groups excluding carboxylic acids is 1. The lowest BCUT2D eigenvalue weighted by molar-refractivity contribution is -0.384. The van der Waals surface area contributed by atoms with Crippen molar-refractivity contribution < 1.29 is 18.9 Å². The van der Waals surface area contributed by atoms with E-state index in [0.29, 0.717) is 28.0 Å². The fourth-order valence-electron chi connectivity index (χ4n) is 4.08. The molecular formula is C24H15ClN2O6. The third-order valence-corrected chi connectivity index (χ3v) is 5.91. The predicted molar refractivity (Wildman–Crippen MR) is 122 cm³/mol. The SMILES string of the molecule is COc1ccc(N2C(=O)c3oc4ccccc4c(=O)c3C2c2ccc([N+](=O)[O-])cc2)cc1Cl. The maximum atomic E-state index is 13.5. The molecule has 8 nitrogen and oxygen atoms in total. The zero-order valence-electron chi connectivity index (χ0n) is 17.2. The fourth-order valence-corrected chi connectivity index (χ4v) is 4.34. The number of carbonyl (C=O) groups is 1. The summed E-state index contributed by atoms with van der Waals surface area (Å²) in [6, 6.07) is 16.4. The van der Waals surface area contributed by atoms with E-state index in [9.17, 15) is 19.7 Å². The number of benzene rings is 3. The number of rotatable bonds is 4. The molecule has 1 aliphatic heterocycles. The van der Waals surface area contributed by atoms with Gasteiger partial charge in [-0.1, -0.05) is 23.7 Å². The molecule has 164 valence electrons. The van der Waals surface area contributed by atoms with Crippen LogP contribution < -0.4 is 15.1 Å². The van der Waals surface area contributed by atoms with Crippen LogP contribution in [0.3, 0.4) is 0 Å². The number of methoxy groups -OCH3 is 1. The number of amides is 1. The highest BCUT2D eigenvalue weighted by atomic mass is 35.5. The molecule has 0 saturated heterocycles. The van der Waals surface area contributed by atoms with E-state index >= 15 is 0 Å². The molecule has 0 spiro atoms. The van der Waals surface area contributed by atoms with Crippen LogP contribution in [-0.4, -0.2) is 17.9 Å². The minimum absolute atomic E-state index is 0.0750. The van der Waals surface area contributed by atoms with Gasteiger partial charge in [0.25, 0.3) is 11.6 Å². The molecule has 1 aromatic heterocycles. The third kappa shape index (κ3) is 3.23. The van der Waals surface area contributed by atoms with E-state index in [1.54, 1.807) is 42.5 Å². The Morgan fingerprint density at radius 2 is 1.79 bits per heavy atom. The summed E-state index contributed by atoms with van der Waals surface area (Å²) in [6.07, 6.45) is 0. The Labute approximate surface area is 191 Å². The molecule has 5 rings (SSSR count). The van der Waals surface area contributed by atoms with Crippen molar-refractivity contribution in [2.45, 2.75) is 6.04 Å². The number of para-hydroxylation sites is 1. The van der Waals surface area contributed by atoms with Crippen molar-refractivity contribution in [3.05, 3.63) is 109 Å². The first-order valence-corrected chi connectivity index (χ1v) is 10.3. The van der Waals surface area contributed by atoms with E-state index in [1.807, 2.05) is 0 Å². The molecule has 1 aliphatic rings. The number of anilines is 1. The normalized spacial score (nSPS) is 15.0. The van der Waals surface area contributed by atoms with Crippen molar-refractivity contribution in [3.63, 3.8) is 0 Å². The minimum Gasteiger partial charge on any atom is -0.495 e. The van der Waals surface area contributed by atoms with Crippen LogP contribution in [0.25, 0.3) is 11.0 Å². The van der Waals surface area contributed by atoms with E-state index in [0.717, 1.165) is 0 Å². The molecule has 9 heteroatoms. The lowest BCUT2D eigenvalue weighted by Gasteiger charge is -2.25. The molecule has 0 fully saturated rings. The zero-order chi connectivity index (χ0) is 23.3. The molecule has 0 saturated carbocycles. The summed E-state index contributed by atoms with van der Waals surface area (Å²) in [4.78, 5) is 39.0. The molecule has 4 aromatic rings. The van der Waals surface area contributed by atoms with Gasteiger partial charge in [-0.3, -0.25) is 24.6 Å². The molecule has 1 atom stereocenters. The number of ether oxygens (including phenoxy) is 1. The van der Waals surface area contributed by atoms with E-state index in [-0.39, 0.29) is 27.5 Å². The van der Waals surface area contributed by atoms with Crippen molar-refractivity contribution >= 4 is 39.9 Å². The van der Waals surface area contributed by atoms with Crippen LogP contribution >= 0.6 is 11.6 Å². The van der Waals surface area contributed by atoms with Gasteiger partial charge in [-0.15, -0.1) is 0 Å². The summed E-state index contributed by atoms with van der Waals surface area (Å²) in [5.74, 6) is -0.164. The van der Waals surface area contributed by atoms with Crippen LogP contribution in [0.4, 0.5) is 11.4 Å². The second-order valence-electron chi connectivity index (χ2n) is 7.42. The fraction of sp³-hybridized carbons (Fsp3) is 0.0833. The van der Waals surface area contributed by atoms with E-state index in [1.165, 1.54) is 36.3 Å². The van der Waals surface area contributed by atoms with Crippen LogP contribution in [0.1, 0.15) is 27.7 Å². The van der Waals surface area contributed by atoms with Gasteiger partial charge in [0.2, 0.25) is 5.76 Å². The number of nitrogens with zero attached hydrogens (tertiary/aromatic N) is 2. The van der Waals surface area contributed by atoms with Gasteiger partial charge in [-0.25, -0.2) is 0 Å². The molecule has 0 bridgehead atoms. The van der Waals surface area contributed by atoms with Crippen molar-refractivity contribution in [3.8, 4) is 5.75 Å². The molecule has 0 radical (unpaired) electrons. The highest BCUT2D eigenvalue weighted by Crippen LogP contribution is 2.43. The molecule has 33 heavy (non-hydrogen) atoms. The van der Waals surface area contributed by atoms with E-state index in [4.69, 9.17) is 20.8 Å². The zero-order valence-corrected chi connectivity index (χ0v) is 17.9. The predicted octanol–water partition coefficient (Wildman–Crippen LogP) is 5.11. The van der Waals surface area contributed by atoms with E-state index < -0.39 is 16.9 Å². The number of nitro benzene ring substituents is 1. The summed E-state index contributed by atoms with van der Waals surface area (Å²) in [5.41, 5.74) is 0.955. The lowest BCUT2D eigenvalue weighted by atomic mass is 9.98. The molecule has 1 amide bonds. The van der Waals surface area contributed by atoms with Gasteiger partial charge in [-0.2, -0.15) is 0 Å². The van der Waals surface area contributed by atoms with E-state index in [2.05, 4.69) is 0 Å². The van der Waals surface area contributed by atoms with Gasteiger partial charge < -0.3 is 9.15 Å². The topological polar surface area (TPSA) is 103 Å². The Bertz CT molecular complexity index is 1500. The summed E-state index contributed by atoms with van der Waals surface area (Å²) >= 11 is 6.31. The summed E-state index contributed by atoms with van der Waals surface area (Å²) in [5, 5.41) is 11.7. The highest BCUT2D eigenvalue weighted by Gasteiger charge is 2.43. The maximum Gasteiger partial charge on any atom is 0.295 e. The number of halogens is 1.